The van der Waals surface area contributed by atoms with Gasteiger partial charge in [-0.3, -0.25) is 4.79 Å². The second-order valence-electron chi connectivity index (χ2n) is 8.38. The molecule has 4 rings (SSSR count). The lowest BCUT2D eigenvalue weighted by molar-refractivity contribution is -0.129. The average molecular weight is 473 g/mol. The van der Waals surface area contributed by atoms with Gasteiger partial charge >= 0.3 is 12.2 Å². The third-order valence-electron chi connectivity index (χ3n) is 5.82. The Balaban J connectivity index is 1.40. The maximum atomic E-state index is 13.1. The van der Waals surface area contributed by atoms with E-state index in [0.717, 1.165) is 16.7 Å². The van der Waals surface area contributed by atoms with Crippen LogP contribution in [0.4, 0.5) is 9.59 Å². The fourth-order valence-corrected chi connectivity index (χ4v) is 4.00. The summed E-state index contributed by atoms with van der Waals surface area (Å²) in [5.41, 5.74) is 2.81. The largest absolute Gasteiger partial charge is 0.447 e. The number of carbonyl (C=O) groups excluding carboxylic acids is 3. The predicted octanol–water partition coefficient (Wildman–Crippen LogP) is 4.81. The highest BCUT2D eigenvalue weighted by molar-refractivity contribution is 5.93. The highest BCUT2D eigenvalue weighted by atomic mass is 16.6. The van der Waals surface area contributed by atoms with E-state index in [0.29, 0.717) is 13.0 Å². The van der Waals surface area contributed by atoms with Gasteiger partial charge in [-0.25, -0.2) is 14.5 Å². The molecule has 0 N–H and O–H groups in total. The topological polar surface area (TPSA) is 76.2 Å². The van der Waals surface area contributed by atoms with E-state index >= 15 is 0 Å². The van der Waals surface area contributed by atoms with E-state index in [1.807, 2.05) is 91.0 Å². The lowest BCUT2D eigenvalue weighted by Crippen LogP contribution is -2.42. The number of cyclic esters (lactones) is 1. The molecule has 0 aliphatic carbocycles. The molecule has 1 saturated heterocycles. The van der Waals surface area contributed by atoms with Gasteiger partial charge in [-0.15, -0.1) is 0 Å². The van der Waals surface area contributed by atoms with Crippen molar-refractivity contribution in [3.05, 3.63) is 108 Å². The molecule has 0 spiro atoms. The van der Waals surface area contributed by atoms with Crippen molar-refractivity contribution in [2.45, 2.75) is 32.0 Å². The maximum absolute atomic E-state index is 13.1. The Morgan fingerprint density at radius 3 is 2.06 bits per heavy atom. The number of amides is 3. The zero-order valence-electron chi connectivity index (χ0n) is 19.4. The van der Waals surface area contributed by atoms with Crippen LogP contribution in [0.3, 0.4) is 0 Å². The molecular formula is C28H28N2O5. The van der Waals surface area contributed by atoms with Crippen LogP contribution in [0.5, 0.6) is 0 Å². The van der Waals surface area contributed by atoms with Gasteiger partial charge in [-0.2, -0.15) is 0 Å². The number of carbonyl (C=O) groups is 3. The number of hydrogen-bond donors (Lipinski definition) is 0. The molecule has 180 valence electrons. The van der Waals surface area contributed by atoms with Crippen molar-refractivity contribution < 1.29 is 23.9 Å². The summed E-state index contributed by atoms with van der Waals surface area (Å²) in [6, 6.07) is 28.2. The molecule has 7 nitrogen and oxygen atoms in total. The number of nitrogens with zero attached hydrogens (tertiary/aromatic N) is 2. The van der Waals surface area contributed by atoms with Crippen LogP contribution in [0.25, 0.3) is 0 Å². The number of imide groups is 1. The highest BCUT2D eigenvalue weighted by Gasteiger charge is 2.37. The quantitative estimate of drug-likeness (QED) is 0.447. The van der Waals surface area contributed by atoms with Gasteiger partial charge in [-0.05, 0) is 23.1 Å². The van der Waals surface area contributed by atoms with Crippen molar-refractivity contribution in [3.8, 4) is 0 Å². The maximum Gasteiger partial charge on any atom is 0.416 e. The summed E-state index contributed by atoms with van der Waals surface area (Å²) in [7, 11) is 0. The molecule has 0 bridgehead atoms. The Labute approximate surface area is 204 Å². The van der Waals surface area contributed by atoms with E-state index < -0.39 is 12.2 Å². The third kappa shape index (κ3) is 6.69. The van der Waals surface area contributed by atoms with Gasteiger partial charge in [0.2, 0.25) is 5.91 Å². The third-order valence-corrected chi connectivity index (χ3v) is 5.82. The Morgan fingerprint density at radius 2 is 1.43 bits per heavy atom. The molecule has 0 radical (unpaired) electrons. The van der Waals surface area contributed by atoms with E-state index in [9.17, 15) is 14.4 Å². The lowest BCUT2D eigenvalue weighted by Gasteiger charge is -2.24. The molecule has 1 fully saturated rings. The Hall–Kier alpha value is -4.13. The fraction of sp³-hybridized carbons (Fsp3) is 0.250. The molecule has 1 aliphatic heterocycles. The molecule has 35 heavy (non-hydrogen) atoms. The second kappa shape index (κ2) is 11.8. The summed E-state index contributed by atoms with van der Waals surface area (Å²) in [6.07, 6.45) is -0.661. The normalized spacial score (nSPS) is 14.9. The van der Waals surface area contributed by atoms with Crippen LogP contribution in [-0.2, 0) is 33.8 Å². The molecule has 7 heteroatoms. The molecule has 1 aliphatic rings. The van der Waals surface area contributed by atoms with Gasteiger partial charge < -0.3 is 14.4 Å². The van der Waals surface area contributed by atoms with Crippen LogP contribution < -0.4 is 0 Å². The minimum absolute atomic E-state index is 0.0202. The first kappa shape index (κ1) is 24.0. The Bertz CT molecular complexity index is 1120. The summed E-state index contributed by atoms with van der Waals surface area (Å²) >= 11 is 0. The van der Waals surface area contributed by atoms with E-state index in [2.05, 4.69) is 0 Å². The molecule has 1 heterocycles. The van der Waals surface area contributed by atoms with E-state index in [1.54, 1.807) is 0 Å². The molecule has 1 atom stereocenters. The standard InChI is InChI=1S/C28H28N2O5/c31-26(30-25(21-35-28(30)33)18-22-10-4-1-5-11-22)16-17-29(19-23-12-6-2-7-13-23)27(32)34-20-24-14-8-3-9-15-24/h1-15,25H,16-21H2/t25-/m0/s1. The van der Waals surface area contributed by atoms with Crippen LogP contribution in [0.15, 0.2) is 91.0 Å². The summed E-state index contributed by atoms with van der Waals surface area (Å²) in [5, 5.41) is 0. The summed E-state index contributed by atoms with van der Waals surface area (Å²) in [5.74, 6) is -0.373. The molecule has 3 amide bonds. The number of rotatable bonds is 9. The summed E-state index contributed by atoms with van der Waals surface area (Å²) in [4.78, 5) is 41.0. The number of ether oxygens (including phenoxy) is 2. The van der Waals surface area contributed by atoms with Crippen molar-refractivity contribution in [2.24, 2.45) is 0 Å². The first-order valence-electron chi connectivity index (χ1n) is 11.6. The van der Waals surface area contributed by atoms with Gasteiger partial charge in [0.15, 0.2) is 0 Å². The van der Waals surface area contributed by atoms with Crippen molar-refractivity contribution >= 4 is 18.1 Å². The smallest absolute Gasteiger partial charge is 0.416 e. The summed E-state index contributed by atoms with van der Waals surface area (Å²) < 4.78 is 10.7. The van der Waals surface area contributed by atoms with Crippen LogP contribution in [0.2, 0.25) is 0 Å². The van der Waals surface area contributed by atoms with E-state index in [4.69, 9.17) is 9.47 Å². The van der Waals surface area contributed by atoms with Crippen LogP contribution in [0.1, 0.15) is 23.1 Å². The van der Waals surface area contributed by atoms with Crippen LogP contribution in [0, 0.1) is 0 Å². The first-order chi connectivity index (χ1) is 17.1. The number of benzene rings is 3. The Morgan fingerprint density at radius 1 is 0.857 bits per heavy atom. The molecule has 3 aromatic rings. The molecule has 3 aromatic carbocycles. The van der Waals surface area contributed by atoms with E-state index in [1.165, 1.54) is 9.80 Å². The lowest BCUT2D eigenvalue weighted by atomic mass is 10.1. The van der Waals surface area contributed by atoms with Gasteiger partial charge in [0, 0.05) is 19.5 Å². The second-order valence-corrected chi connectivity index (χ2v) is 8.38. The van der Waals surface area contributed by atoms with Crippen molar-refractivity contribution in [2.75, 3.05) is 13.2 Å². The van der Waals surface area contributed by atoms with Gasteiger partial charge in [0.25, 0.3) is 0 Å². The molecular weight excluding hydrogens is 444 g/mol. The van der Waals surface area contributed by atoms with E-state index in [-0.39, 0.29) is 38.1 Å². The van der Waals surface area contributed by atoms with Gasteiger partial charge in [-0.1, -0.05) is 91.0 Å². The minimum Gasteiger partial charge on any atom is -0.447 e. The predicted molar refractivity (Wildman–Crippen MR) is 130 cm³/mol. The van der Waals surface area contributed by atoms with Crippen LogP contribution in [-0.4, -0.2) is 47.1 Å². The van der Waals surface area contributed by atoms with Crippen molar-refractivity contribution in [1.82, 2.24) is 9.80 Å². The van der Waals surface area contributed by atoms with Crippen molar-refractivity contribution in [3.63, 3.8) is 0 Å². The minimum atomic E-state index is -0.641. The van der Waals surface area contributed by atoms with Gasteiger partial charge in [0.05, 0.1) is 6.04 Å². The molecule has 0 unspecified atom stereocenters. The average Bonchev–Trinajstić information content (AvgIpc) is 3.26. The summed E-state index contributed by atoms with van der Waals surface area (Å²) in [6.45, 7) is 0.700. The van der Waals surface area contributed by atoms with Gasteiger partial charge in [0.1, 0.15) is 13.2 Å². The highest BCUT2D eigenvalue weighted by Crippen LogP contribution is 2.19. The molecule has 0 saturated carbocycles. The zero-order chi connectivity index (χ0) is 24.5. The fourth-order valence-electron chi connectivity index (χ4n) is 4.00. The Kier molecular flexibility index (Phi) is 8.12. The SMILES string of the molecule is O=C(OCc1ccccc1)N(CCC(=O)N1C(=O)OC[C@@H]1Cc1ccccc1)Cc1ccccc1. The first-order valence-corrected chi connectivity index (χ1v) is 11.6. The number of hydrogen-bond acceptors (Lipinski definition) is 5. The van der Waals surface area contributed by atoms with Crippen LogP contribution >= 0.6 is 0 Å². The zero-order valence-corrected chi connectivity index (χ0v) is 19.4. The monoisotopic (exact) mass is 472 g/mol. The molecule has 0 aromatic heterocycles. The van der Waals surface area contributed by atoms with Crippen molar-refractivity contribution in [1.29, 1.82) is 0 Å².